The molecule has 4 aliphatic rings. The Bertz CT molecular complexity index is 1240. The first-order valence-corrected chi connectivity index (χ1v) is 11.1. The summed E-state index contributed by atoms with van der Waals surface area (Å²) in [5.41, 5.74) is 4.12. The second kappa shape index (κ2) is 7.05. The number of hydrogen-bond donors (Lipinski definition) is 5. The van der Waals surface area contributed by atoms with Gasteiger partial charge in [-0.3, -0.25) is 14.4 Å². The minimum atomic E-state index is -2.55. The van der Waals surface area contributed by atoms with E-state index in [1.54, 1.807) is 0 Å². The Labute approximate surface area is 189 Å². The molecule has 4 aliphatic carbocycles. The van der Waals surface area contributed by atoms with Crippen LogP contribution in [0.5, 0.6) is 5.75 Å². The molecule has 33 heavy (non-hydrogen) atoms. The molecule has 1 saturated carbocycles. The summed E-state index contributed by atoms with van der Waals surface area (Å²) in [6, 6.07) is 3.65. The largest absolute Gasteiger partial charge is 0.508 e. The maximum Gasteiger partial charge on any atom is 0.255 e. The van der Waals surface area contributed by atoms with Crippen LogP contribution in [-0.4, -0.2) is 43.5 Å². The van der Waals surface area contributed by atoms with Crippen LogP contribution in [0.4, 0.5) is 0 Å². The molecule has 0 heterocycles. The summed E-state index contributed by atoms with van der Waals surface area (Å²) in [7, 11) is 0. The average molecular weight is 451 g/mol. The molecule has 0 bridgehead atoms. The molecule has 0 aromatic heterocycles. The van der Waals surface area contributed by atoms with Crippen molar-refractivity contribution >= 4 is 28.8 Å². The van der Waals surface area contributed by atoms with Gasteiger partial charge in [0.1, 0.15) is 22.8 Å². The fourth-order valence-electron chi connectivity index (χ4n) is 6.09. The van der Waals surface area contributed by atoms with Crippen LogP contribution in [0, 0.1) is 11.8 Å². The normalized spacial score (nSPS) is 31.2. The zero-order valence-corrected chi connectivity index (χ0v) is 18.1. The van der Waals surface area contributed by atoms with Crippen molar-refractivity contribution in [3.05, 3.63) is 51.8 Å². The van der Waals surface area contributed by atoms with Gasteiger partial charge in [-0.25, -0.2) is 0 Å². The van der Waals surface area contributed by atoms with Gasteiger partial charge in [-0.1, -0.05) is 25.1 Å². The van der Waals surface area contributed by atoms with Crippen molar-refractivity contribution in [1.29, 1.82) is 0 Å². The highest BCUT2D eigenvalue weighted by atomic mass is 16.3. The third kappa shape index (κ3) is 2.70. The number of rotatable bonds is 2. The number of benzene rings is 1. The lowest BCUT2D eigenvalue weighted by molar-refractivity contribution is -0.148. The molecule has 5 rings (SSSR count). The van der Waals surface area contributed by atoms with E-state index in [0.29, 0.717) is 11.1 Å². The van der Waals surface area contributed by atoms with Crippen LogP contribution in [0.25, 0.3) is 11.3 Å². The number of aromatic hydroxyl groups is 1. The monoisotopic (exact) mass is 451 g/mol. The number of ketones is 2. The van der Waals surface area contributed by atoms with Crippen LogP contribution in [-0.2, 0) is 14.4 Å². The molecule has 172 valence electrons. The molecule has 1 amide bonds. The maximum absolute atomic E-state index is 13.6. The standard InChI is InChI=1S/C25H25NO7/c1-10-13-6-7-14(11-4-2-3-5-11)20(28)17(13)21(29)18-15(10)8-12-9-16(27)19(24(26)32)23(31)25(12,33)22(18)30/h4,6-7,10,12,15,28-29,31,33H,2-3,5,8-9H2,1H3,(H2,26,32)/t10-,12?,15?,25-/m0/s1. The van der Waals surface area contributed by atoms with E-state index in [9.17, 15) is 34.8 Å². The van der Waals surface area contributed by atoms with Crippen LogP contribution in [0.3, 0.4) is 0 Å². The third-order valence-corrected chi connectivity index (χ3v) is 7.83. The van der Waals surface area contributed by atoms with Gasteiger partial charge in [0.15, 0.2) is 11.4 Å². The first-order valence-electron chi connectivity index (χ1n) is 11.1. The molecular formula is C25H25NO7. The van der Waals surface area contributed by atoms with Crippen LogP contribution in [0.15, 0.2) is 35.1 Å². The lowest BCUT2D eigenvalue weighted by Gasteiger charge is -2.47. The highest BCUT2D eigenvalue weighted by molar-refractivity contribution is 6.22. The predicted molar refractivity (Wildman–Crippen MR) is 118 cm³/mol. The van der Waals surface area contributed by atoms with Gasteiger partial charge in [0.05, 0.1) is 5.56 Å². The van der Waals surface area contributed by atoms with Crippen molar-refractivity contribution in [2.45, 2.75) is 50.5 Å². The predicted octanol–water partition coefficient (Wildman–Crippen LogP) is 2.55. The van der Waals surface area contributed by atoms with E-state index in [1.807, 2.05) is 25.1 Å². The van der Waals surface area contributed by atoms with Crippen molar-refractivity contribution in [2.24, 2.45) is 17.6 Å². The molecular weight excluding hydrogens is 426 g/mol. The van der Waals surface area contributed by atoms with Crippen LogP contribution in [0.2, 0.25) is 0 Å². The summed E-state index contributed by atoms with van der Waals surface area (Å²) in [6.45, 7) is 1.86. The van der Waals surface area contributed by atoms with Gasteiger partial charge in [0.2, 0.25) is 5.78 Å². The lowest BCUT2D eigenvalue weighted by Crippen LogP contribution is -2.58. The molecule has 8 heteroatoms. The Morgan fingerprint density at radius 2 is 1.91 bits per heavy atom. The highest BCUT2D eigenvalue weighted by Crippen LogP contribution is 2.56. The van der Waals surface area contributed by atoms with Crippen molar-refractivity contribution in [2.75, 3.05) is 0 Å². The highest BCUT2D eigenvalue weighted by Gasteiger charge is 2.61. The van der Waals surface area contributed by atoms with E-state index in [4.69, 9.17) is 5.73 Å². The van der Waals surface area contributed by atoms with E-state index in [-0.39, 0.29) is 35.6 Å². The summed E-state index contributed by atoms with van der Waals surface area (Å²) in [4.78, 5) is 37.8. The average Bonchev–Trinajstić information content (AvgIpc) is 3.28. The number of aliphatic hydroxyl groups is 3. The molecule has 0 saturated heterocycles. The molecule has 0 radical (unpaired) electrons. The zero-order valence-electron chi connectivity index (χ0n) is 18.1. The van der Waals surface area contributed by atoms with E-state index < -0.39 is 52.0 Å². The Kier molecular flexibility index (Phi) is 4.59. The number of Topliss-reactive ketones (excluding diaryl/α,β-unsaturated/α-hetero) is 2. The van der Waals surface area contributed by atoms with Gasteiger partial charge in [0, 0.05) is 23.5 Å². The number of fused-ring (bicyclic) bond motifs is 3. The van der Waals surface area contributed by atoms with E-state index in [1.165, 1.54) is 0 Å². The van der Waals surface area contributed by atoms with Gasteiger partial charge in [0.25, 0.3) is 5.91 Å². The molecule has 1 aromatic carbocycles. The number of amides is 1. The zero-order chi connectivity index (χ0) is 23.8. The third-order valence-electron chi connectivity index (χ3n) is 7.83. The molecule has 6 N–H and O–H groups in total. The molecule has 0 aliphatic heterocycles. The van der Waals surface area contributed by atoms with Crippen LogP contribution < -0.4 is 5.73 Å². The first kappa shape index (κ1) is 21.5. The first-order chi connectivity index (χ1) is 15.6. The van der Waals surface area contributed by atoms with Gasteiger partial charge in [-0.15, -0.1) is 0 Å². The summed E-state index contributed by atoms with van der Waals surface area (Å²) in [5, 5.41) is 44.3. The number of phenols is 1. The second-order valence-corrected chi connectivity index (χ2v) is 9.45. The smallest absolute Gasteiger partial charge is 0.255 e. The topological polar surface area (TPSA) is 158 Å². The van der Waals surface area contributed by atoms with Crippen molar-refractivity contribution < 1.29 is 34.8 Å². The number of hydrogen-bond acceptors (Lipinski definition) is 7. The van der Waals surface area contributed by atoms with Crippen LogP contribution in [0.1, 0.15) is 61.6 Å². The van der Waals surface area contributed by atoms with Gasteiger partial charge in [-0.05, 0) is 48.7 Å². The number of primary amides is 1. The maximum atomic E-state index is 13.6. The second-order valence-electron chi connectivity index (χ2n) is 9.45. The number of aliphatic hydroxyl groups excluding tert-OH is 2. The van der Waals surface area contributed by atoms with E-state index >= 15 is 0 Å². The SMILES string of the molecule is C[C@H]1c2ccc(C3=CCCC3)c(O)c2C(O)=C2C(=O)[C@]3(O)C(O)=C(C(N)=O)C(=O)CC3CC21. The lowest BCUT2D eigenvalue weighted by atomic mass is 9.57. The molecule has 2 unspecified atom stereocenters. The Morgan fingerprint density at radius 1 is 1.18 bits per heavy atom. The van der Waals surface area contributed by atoms with E-state index in [0.717, 1.165) is 24.8 Å². The summed E-state index contributed by atoms with van der Waals surface area (Å²) < 4.78 is 0. The Hall–Kier alpha value is -3.39. The molecule has 0 spiro atoms. The van der Waals surface area contributed by atoms with Gasteiger partial charge in [-0.2, -0.15) is 0 Å². The number of carbonyl (C=O) groups is 3. The Morgan fingerprint density at radius 3 is 2.55 bits per heavy atom. The fraction of sp³-hybridized carbons (Fsp3) is 0.400. The Balaban J connectivity index is 1.71. The van der Waals surface area contributed by atoms with Crippen molar-refractivity contribution in [1.82, 2.24) is 0 Å². The minimum absolute atomic E-state index is 0.119. The molecule has 8 nitrogen and oxygen atoms in total. The van der Waals surface area contributed by atoms with Crippen molar-refractivity contribution in [3.8, 4) is 5.75 Å². The number of nitrogens with two attached hydrogens (primary N) is 1. The fourth-order valence-corrected chi connectivity index (χ4v) is 6.09. The van der Waals surface area contributed by atoms with E-state index in [2.05, 4.69) is 0 Å². The minimum Gasteiger partial charge on any atom is -0.508 e. The molecule has 1 aromatic rings. The molecule has 1 fully saturated rings. The van der Waals surface area contributed by atoms with Crippen molar-refractivity contribution in [3.63, 3.8) is 0 Å². The van der Waals surface area contributed by atoms with Crippen LogP contribution >= 0.6 is 0 Å². The van der Waals surface area contributed by atoms with Gasteiger partial charge >= 0.3 is 0 Å². The summed E-state index contributed by atoms with van der Waals surface area (Å²) >= 11 is 0. The number of allylic oxidation sites excluding steroid dienone is 2. The number of carbonyl (C=O) groups excluding carboxylic acids is 3. The summed E-state index contributed by atoms with van der Waals surface area (Å²) in [5.74, 6) is -6.40. The molecule has 4 atom stereocenters. The number of phenolic OH excluding ortho intramolecular Hbond substituents is 1. The summed E-state index contributed by atoms with van der Waals surface area (Å²) in [6.07, 6.45) is 4.50. The van der Waals surface area contributed by atoms with Gasteiger partial charge < -0.3 is 26.2 Å². The quantitative estimate of drug-likeness (QED) is 0.432.